The van der Waals surface area contributed by atoms with Crippen LogP contribution in [0.5, 0.6) is 0 Å². The van der Waals surface area contributed by atoms with Crippen molar-refractivity contribution in [3.63, 3.8) is 0 Å². The van der Waals surface area contributed by atoms with E-state index < -0.39 is 12.2 Å². The van der Waals surface area contributed by atoms with Gasteiger partial charge < -0.3 is 10.2 Å². The first kappa shape index (κ1) is 13.5. The van der Waals surface area contributed by atoms with Crippen LogP contribution in [-0.2, 0) is 0 Å². The normalized spacial score (nSPS) is 16.9. The van der Waals surface area contributed by atoms with E-state index in [1.165, 1.54) is 0 Å². The fourth-order valence-electron chi connectivity index (χ4n) is 0.591. The molecule has 0 aliphatic carbocycles. The van der Waals surface area contributed by atoms with E-state index in [1.807, 2.05) is 41.5 Å². The molecule has 2 atom stereocenters. The Morgan fingerprint density at radius 3 is 1.07 bits per heavy atom. The second-order valence-electron chi connectivity index (χ2n) is 5.83. The summed E-state index contributed by atoms with van der Waals surface area (Å²) in [4.78, 5) is 0. The van der Waals surface area contributed by atoms with Crippen molar-refractivity contribution in [2.75, 3.05) is 0 Å². The zero-order valence-electron chi connectivity index (χ0n) is 10.0. The molecule has 0 bridgehead atoms. The van der Waals surface area contributed by atoms with Crippen LogP contribution < -0.4 is 0 Å². The van der Waals surface area contributed by atoms with Crippen molar-refractivity contribution in [3.05, 3.63) is 0 Å². The van der Waals surface area contributed by atoms with E-state index >= 15 is 0 Å². The van der Waals surface area contributed by atoms with Crippen molar-refractivity contribution in [2.45, 2.75) is 53.8 Å². The monoisotopic (exact) mass is 198 g/mol. The van der Waals surface area contributed by atoms with Gasteiger partial charge in [-0.15, -0.1) is 0 Å². The molecule has 0 unspecified atom stereocenters. The van der Waals surface area contributed by atoms with Gasteiger partial charge in [0, 0.05) is 0 Å². The van der Waals surface area contributed by atoms with Gasteiger partial charge in [-0.25, -0.2) is 0 Å². The molecule has 0 radical (unpaired) electrons. The summed E-state index contributed by atoms with van der Waals surface area (Å²) in [7, 11) is 0. The molecule has 0 aliphatic heterocycles. The van der Waals surface area contributed by atoms with Crippen molar-refractivity contribution >= 4 is 0 Å². The molecule has 0 aromatic rings. The van der Waals surface area contributed by atoms with Crippen LogP contribution in [0.3, 0.4) is 0 Å². The molecule has 0 saturated heterocycles. The third kappa shape index (κ3) is 4.64. The predicted octanol–water partition coefficient (Wildman–Crippen LogP) is 1.80. The zero-order chi connectivity index (χ0) is 11.6. The van der Waals surface area contributed by atoms with Crippen molar-refractivity contribution in [1.82, 2.24) is 0 Å². The minimum Gasteiger partial charge on any atom is -0.380 e. The van der Waals surface area contributed by atoms with Crippen LogP contribution in [0.4, 0.5) is 0 Å². The molecule has 0 saturated carbocycles. The Morgan fingerprint density at radius 2 is 0.929 bits per heavy atom. The summed E-state index contributed by atoms with van der Waals surface area (Å²) in [6.45, 7) is 11.5. The minimum absolute atomic E-state index is 0.259. The highest BCUT2D eigenvalue weighted by Crippen LogP contribution is 2.20. The topological polar surface area (TPSA) is 40.5 Å². The molecule has 0 heterocycles. The molecule has 82 valence electrons. The summed E-state index contributed by atoms with van der Waals surface area (Å²) in [5.41, 5.74) is -0.519. The highest BCUT2D eigenvalue weighted by molar-refractivity contribution is 5.13. The second-order valence-corrected chi connectivity index (χ2v) is 5.83. The maximum absolute atomic E-state index is 9.62. The molecule has 0 spiro atoms. The first-order valence-electron chi connectivity index (χ1n) is 4.92. The van der Waals surface area contributed by atoms with Gasteiger partial charge in [0.2, 0.25) is 0 Å². The minimum atomic E-state index is -0.695. The number of hydrogen-bond acceptors (Lipinski definition) is 2. The van der Waals surface area contributed by atoms with E-state index in [2.05, 4.69) is 11.8 Å². The van der Waals surface area contributed by atoms with E-state index in [1.54, 1.807) is 0 Å². The maximum Gasteiger partial charge on any atom is 0.119 e. The summed E-state index contributed by atoms with van der Waals surface area (Å²) in [5.74, 6) is 5.37. The van der Waals surface area contributed by atoms with Gasteiger partial charge in [-0.2, -0.15) is 0 Å². The molecular formula is C12H22O2. The van der Waals surface area contributed by atoms with Gasteiger partial charge in [-0.05, 0) is 10.8 Å². The summed E-state index contributed by atoms with van der Waals surface area (Å²) in [5, 5.41) is 19.2. The quantitative estimate of drug-likeness (QED) is 0.583. The Balaban J connectivity index is 4.46. The van der Waals surface area contributed by atoms with Gasteiger partial charge in [0.05, 0.1) is 0 Å². The molecule has 2 heteroatoms. The van der Waals surface area contributed by atoms with Crippen LogP contribution >= 0.6 is 0 Å². The zero-order valence-corrected chi connectivity index (χ0v) is 10.0. The van der Waals surface area contributed by atoms with Crippen LogP contribution in [0, 0.1) is 22.7 Å². The van der Waals surface area contributed by atoms with Gasteiger partial charge in [-0.3, -0.25) is 0 Å². The lowest BCUT2D eigenvalue weighted by atomic mass is 9.87. The van der Waals surface area contributed by atoms with E-state index in [4.69, 9.17) is 0 Å². The first-order chi connectivity index (χ1) is 6.05. The maximum atomic E-state index is 9.62. The van der Waals surface area contributed by atoms with Gasteiger partial charge in [0.15, 0.2) is 0 Å². The number of rotatable bonds is 0. The van der Waals surface area contributed by atoms with E-state index in [0.29, 0.717) is 0 Å². The highest BCUT2D eigenvalue weighted by atomic mass is 16.3. The van der Waals surface area contributed by atoms with Crippen molar-refractivity contribution in [2.24, 2.45) is 10.8 Å². The first-order valence-corrected chi connectivity index (χ1v) is 4.92. The Kier molecular flexibility index (Phi) is 4.17. The third-order valence-corrected chi connectivity index (χ3v) is 2.00. The molecule has 2 nitrogen and oxygen atoms in total. The predicted molar refractivity (Wildman–Crippen MR) is 58.7 cm³/mol. The van der Waals surface area contributed by atoms with E-state index in [9.17, 15) is 10.2 Å². The summed E-state index contributed by atoms with van der Waals surface area (Å²) in [6, 6.07) is 0. The number of aliphatic hydroxyl groups excluding tert-OH is 2. The van der Waals surface area contributed by atoms with Gasteiger partial charge in [0.25, 0.3) is 0 Å². The SMILES string of the molecule is CC(C)(C)[C@H](O)C#C[C@@H](O)C(C)(C)C. The van der Waals surface area contributed by atoms with Crippen LogP contribution in [0.2, 0.25) is 0 Å². The van der Waals surface area contributed by atoms with Gasteiger partial charge in [-0.1, -0.05) is 53.4 Å². The van der Waals surface area contributed by atoms with Crippen LogP contribution in [0.15, 0.2) is 0 Å². The average Bonchev–Trinajstić information content (AvgIpc) is 1.95. The fourth-order valence-corrected chi connectivity index (χ4v) is 0.591. The molecule has 0 aromatic heterocycles. The standard InChI is InChI=1S/C12H22O2/c1-11(2,3)9(13)7-8-10(14)12(4,5)6/h9-10,13-14H,1-6H3/t9-,10-/m1/s1. The Labute approximate surface area is 87.3 Å². The smallest absolute Gasteiger partial charge is 0.119 e. The molecule has 0 aliphatic rings. The molecule has 0 rings (SSSR count). The van der Waals surface area contributed by atoms with Crippen LogP contribution in [0.25, 0.3) is 0 Å². The average molecular weight is 198 g/mol. The van der Waals surface area contributed by atoms with Crippen molar-refractivity contribution in [3.8, 4) is 11.8 Å². The third-order valence-electron chi connectivity index (χ3n) is 2.00. The van der Waals surface area contributed by atoms with Crippen molar-refractivity contribution < 1.29 is 10.2 Å². The number of hydrogen-bond donors (Lipinski definition) is 2. The van der Waals surface area contributed by atoms with Gasteiger partial charge >= 0.3 is 0 Å². The molecule has 2 N–H and O–H groups in total. The molecule has 14 heavy (non-hydrogen) atoms. The van der Waals surface area contributed by atoms with Crippen LogP contribution in [0.1, 0.15) is 41.5 Å². The molecular weight excluding hydrogens is 176 g/mol. The lowest BCUT2D eigenvalue weighted by molar-refractivity contribution is 0.104. The molecule has 0 amide bonds. The van der Waals surface area contributed by atoms with E-state index in [0.717, 1.165) is 0 Å². The second kappa shape index (κ2) is 4.33. The Morgan fingerprint density at radius 1 is 0.714 bits per heavy atom. The summed E-state index contributed by atoms with van der Waals surface area (Å²) in [6.07, 6.45) is -1.39. The van der Waals surface area contributed by atoms with Crippen LogP contribution in [-0.4, -0.2) is 22.4 Å². The Hall–Kier alpha value is -0.520. The molecule has 0 aromatic carbocycles. The lowest BCUT2D eigenvalue weighted by Crippen LogP contribution is -2.27. The summed E-state index contributed by atoms with van der Waals surface area (Å²) >= 11 is 0. The van der Waals surface area contributed by atoms with Gasteiger partial charge in [0.1, 0.15) is 12.2 Å². The highest BCUT2D eigenvalue weighted by Gasteiger charge is 2.22. The Bertz CT molecular complexity index is 208. The van der Waals surface area contributed by atoms with E-state index in [-0.39, 0.29) is 10.8 Å². The lowest BCUT2D eigenvalue weighted by Gasteiger charge is -2.23. The molecule has 0 fully saturated rings. The fraction of sp³-hybridized carbons (Fsp3) is 0.833. The largest absolute Gasteiger partial charge is 0.380 e. The summed E-state index contributed by atoms with van der Waals surface area (Å²) < 4.78 is 0. The number of aliphatic hydroxyl groups is 2. The van der Waals surface area contributed by atoms with Crippen molar-refractivity contribution in [1.29, 1.82) is 0 Å².